The van der Waals surface area contributed by atoms with Gasteiger partial charge in [-0.25, -0.2) is 0 Å². The van der Waals surface area contributed by atoms with E-state index in [2.05, 4.69) is 25.6 Å². The third-order valence-corrected chi connectivity index (χ3v) is 3.63. The topological polar surface area (TPSA) is 83.0 Å². The average molecular weight is 299 g/mol. The highest BCUT2D eigenvalue weighted by Gasteiger charge is 2.40. The third-order valence-electron chi connectivity index (χ3n) is 3.46. The van der Waals surface area contributed by atoms with Crippen molar-refractivity contribution in [3.63, 3.8) is 0 Å². The van der Waals surface area contributed by atoms with E-state index in [-0.39, 0.29) is 11.2 Å². The zero-order chi connectivity index (χ0) is 14.8. The summed E-state index contributed by atoms with van der Waals surface area (Å²) in [6.45, 7) is 5.89. The molecule has 0 spiro atoms. The number of hydrogen-bond acceptors (Lipinski definition) is 6. The van der Waals surface area contributed by atoms with Crippen LogP contribution in [0.5, 0.6) is 0 Å². The number of carbonyl (C=O) groups is 1. The van der Waals surface area contributed by atoms with E-state index in [1.807, 2.05) is 18.7 Å². The monoisotopic (exact) mass is 298 g/mol. The molecule has 2 N–H and O–H groups in total. The number of carbonyl (C=O) groups excluding carboxylic acids is 1. The van der Waals surface area contributed by atoms with Crippen LogP contribution in [0.2, 0.25) is 5.28 Å². The number of amides is 1. The molecule has 8 heteroatoms. The van der Waals surface area contributed by atoms with E-state index in [0.29, 0.717) is 25.0 Å². The van der Waals surface area contributed by atoms with Gasteiger partial charge in [-0.2, -0.15) is 15.0 Å². The summed E-state index contributed by atoms with van der Waals surface area (Å²) in [5.41, 5.74) is -0.424. The van der Waals surface area contributed by atoms with Crippen molar-refractivity contribution in [3.05, 3.63) is 5.28 Å². The van der Waals surface area contributed by atoms with Crippen molar-refractivity contribution in [1.82, 2.24) is 20.3 Å². The van der Waals surface area contributed by atoms with E-state index in [0.717, 1.165) is 13.0 Å². The normalized spacial score (nSPS) is 21.9. The molecule has 2 rings (SSSR count). The molecule has 7 nitrogen and oxygen atoms in total. The van der Waals surface area contributed by atoms with Crippen molar-refractivity contribution < 1.29 is 4.79 Å². The maximum Gasteiger partial charge on any atom is 0.231 e. The molecule has 2 heterocycles. The Morgan fingerprint density at radius 1 is 1.45 bits per heavy atom. The van der Waals surface area contributed by atoms with Crippen LogP contribution in [0.25, 0.3) is 0 Å². The lowest BCUT2D eigenvalue weighted by Gasteiger charge is -2.22. The second-order valence-electron chi connectivity index (χ2n) is 5.07. The first-order chi connectivity index (χ1) is 9.48. The first-order valence-corrected chi connectivity index (χ1v) is 6.99. The van der Waals surface area contributed by atoms with Crippen molar-refractivity contribution in [1.29, 1.82) is 0 Å². The Bertz CT molecular complexity index is 511. The van der Waals surface area contributed by atoms with Crippen LogP contribution in [0, 0.1) is 5.41 Å². The minimum absolute atomic E-state index is 0.0343. The van der Waals surface area contributed by atoms with Crippen LogP contribution in [0.15, 0.2) is 0 Å². The molecule has 110 valence electrons. The zero-order valence-corrected chi connectivity index (χ0v) is 12.7. The molecule has 1 aromatic rings. The van der Waals surface area contributed by atoms with E-state index in [9.17, 15) is 4.79 Å². The maximum atomic E-state index is 11.9. The van der Waals surface area contributed by atoms with Crippen molar-refractivity contribution in [2.24, 2.45) is 5.41 Å². The fourth-order valence-corrected chi connectivity index (χ4v) is 2.49. The second kappa shape index (κ2) is 5.78. The van der Waals surface area contributed by atoms with Gasteiger partial charge in [0.15, 0.2) is 0 Å². The highest BCUT2D eigenvalue weighted by molar-refractivity contribution is 6.28. The summed E-state index contributed by atoms with van der Waals surface area (Å²) in [4.78, 5) is 26.4. The largest absolute Gasteiger partial charge is 0.359 e. The molecule has 0 saturated carbocycles. The van der Waals surface area contributed by atoms with Crippen LogP contribution in [0.1, 0.15) is 20.3 Å². The Hall–Kier alpha value is -1.63. The number of halogens is 1. The lowest BCUT2D eigenvalue weighted by Crippen LogP contribution is -2.39. The van der Waals surface area contributed by atoms with Crippen molar-refractivity contribution >= 4 is 29.4 Å². The van der Waals surface area contributed by atoms with E-state index < -0.39 is 5.41 Å². The number of nitrogens with one attached hydrogen (secondary N) is 2. The summed E-state index contributed by atoms with van der Waals surface area (Å²) in [5.74, 6) is 0.997. The van der Waals surface area contributed by atoms with Crippen LogP contribution in [-0.4, -0.2) is 47.5 Å². The Labute approximate surface area is 123 Å². The molecular formula is C12H19ClN6O. The van der Waals surface area contributed by atoms with Gasteiger partial charge in [0.25, 0.3) is 0 Å². The smallest absolute Gasteiger partial charge is 0.231 e. The molecule has 1 saturated heterocycles. The van der Waals surface area contributed by atoms with Gasteiger partial charge in [0.2, 0.25) is 23.1 Å². The predicted octanol–water partition coefficient (Wildman–Crippen LogP) is 0.919. The van der Waals surface area contributed by atoms with Crippen LogP contribution in [0.3, 0.4) is 0 Å². The van der Waals surface area contributed by atoms with Gasteiger partial charge in [0.05, 0.1) is 5.41 Å². The molecule has 0 radical (unpaired) electrons. The Morgan fingerprint density at radius 2 is 2.20 bits per heavy atom. The minimum atomic E-state index is -0.424. The lowest BCUT2D eigenvalue weighted by molar-refractivity contribution is -0.128. The highest BCUT2D eigenvalue weighted by atomic mass is 35.5. The summed E-state index contributed by atoms with van der Waals surface area (Å²) in [5, 5.41) is 5.87. The lowest BCUT2D eigenvalue weighted by atomic mass is 9.89. The van der Waals surface area contributed by atoms with Gasteiger partial charge < -0.3 is 15.5 Å². The quantitative estimate of drug-likeness (QED) is 0.860. The molecule has 1 fully saturated rings. The summed E-state index contributed by atoms with van der Waals surface area (Å²) in [6, 6.07) is 0. The molecule has 1 amide bonds. The second-order valence-corrected chi connectivity index (χ2v) is 5.41. The predicted molar refractivity (Wildman–Crippen MR) is 78.0 cm³/mol. The van der Waals surface area contributed by atoms with Crippen LogP contribution in [0.4, 0.5) is 11.9 Å². The molecule has 0 bridgehead atoms. The zero-order valence-electron chi connectivity index (χ0n) is 11.9. The van der Waals surface area contributed by atoms with Gasteiger partial charge in [0, 0.05) is 26.7 Å². The van der Waals surface area contributed by atoms with Gasteiger partial charge in [-0.05, 0) is 31.9 Å². The molecular weight excluding hydrogens is 280 g/mol. The van der Waals surface area contributed by atoms with Crippen LogP contribution in [-0.2, 0) is 4.79 Å². The molecule has 0 aromatic carbocycles. The van der Waals surface area contributed by atoms with Crippen molar-refractivity contribution in [2.75, 3.05) is 36.9 Å². The summed E-state index contributed by atoms with van der Waals surface area (Å²) < 4.78 is 0. The number of anilines is 2. The number of hydrogen-bond donors (Lipinski definition) is 2. The summed E-state index contributed by atoms with van der Waals surface area (Å²) in [6.07, 6.45) is 0.756. The third kappa shape index (κ3) is 2.92. The fourth-order valence-electron chi connectivity index (χ4n) is 2.34. The van der Waals surface area contributed by atoms with Crippen LogP contribution < -0.4 is 15.5 Å². The SMILES string of the molecule is CCNc1nc(Cl)nc(N2CCC(C)(C(=O)NC)C2)n1. The first kappa shape index (κ1) is 14.8. The summed E-state index contributed by atoms with van der Waals surface area (Å²) in [7, 11) is 1.65. The Kier molecular flexibility index (Phi) is 4.27. The number of rotatable bonds is 4. The fraction of sp³-hybridized carbons (Fsp3) is 0.667. The minimum Gasteiger partial charge on any atom is -0.359 e. The van der Waals surface area contributed by atoms with Gasteiger partial charge in [-0.15, -0.1) is 0 Å². The molecule has 1 atom stereocenters. The molecule has 1 aliphatic rings. The van der Waals surface area contributed by atoms with E-state index in [4.69, 9.17) is 11.6 Å². The van der Waals surface area contributed by atoms with E-state index in [1.165, 1.54) is 0 Å². The van der Waals surface area contributed by atoms with Gasteiger partial charge >= 0.3 is 0 Å². The molecule has 1 aliphatic heterocycles. The van der Waals surface area contributed by atoms with Crippen LogP contribution >= 0.6 is 11.6 Å². The Balaban J connectivity index is 2.19. The van der Waals surface area contributed by atoms with E-state index >= 15 is 0 Å². The molecule has 1 aromatic heterocycles. The van der Waals surface area contributed by atoms with Crippen molar-refractivity contribution in [3.8, 4) is 0 Å². The van der Waals surface area contributed by atoms with Crippen molar-refractivity contribution in [2.45, 2.75) is 20.3 Å². The molecule has 0 aliphatic carbocycles. The van der Waals surface area contributed by atoms with E-state index in [1.54, 1.807) is 7.05 Å². The Morgan fingerprint density at radius 3 is 2.85 bits per heavy atom. The standard InChI is InChI=1S/C12H19ClN6O/c1-4-15-10-16-9(13)17-11(18-10)19-6-5-12(2,7-19)8(20)14-3/h4-7H2,1-3H3,(H,14,20)(H,15,16,17,18). The average Bonchev–Trinajstić information content (AvgIpc) is 2.81. The highest BCUT2D eigenvalue weighted by Crippen LogP contribution is 2.32. The molecule has 20 heavy (non-hydrogen) atoms. The van der Waals surface area contributed by atoms with Gasteiger partial charge in [0.1, 0.15) is 0 Å². The maximum absolute atomic E-state index is 11.9. The first-order valence-electron chi connectivity index (χ1n) is 6.61. The van der Waals surface area contributed by atoms with Gasteiger partial charge in [-0.1, -0.05) is 0 Å². The summed E-state index contributed by atoms with van der Waals surface area (Å²) >= 11 is 5.92. The number of aromatic nitrogens is 3. The number of nitrogens with zero attached hydrogens (tertiary/aromatic N) is 4. The van der Waals surface area contributed by atoms with Gasteiger partial charge in [-0.3, -0.25) is 4.79 Å². The molecule has 1 unspecified atom stereocenters.